The van der Waals surface area contributed by atoms with E-state index in [0.29, 0.717) is 24.3 Å². The summed E-state index contributed by atoms with van der Waals surface area (Å²) in [4.78, 5) is 0. The molecule has 8 heteroatoms. The Bertz CT molecular complexity index is 610. The van der Waals surface area contributed by atoms with Gasteiger partial charge in [0.15, 0.2) is 11.0 Å². The van der Waals surface area contributed by atoms with Crippen LogP contribution in [-0.4, -0.2) is 50.6 Å². The van der Waals surface area contributed by atoms with Crippen molar-refractivity contribution < 1.29 is 9.47 Å². The Labute approximate surface area is 135 Å². The van der Waals surface area contributed by atoms with Gasteiger partial charge in [-0.15, -0.1) is 15.3 Å². The molecule has 0 spiro atoms. The molecule has 0 amide bonds. The highest BCUT2D eigenvalue weighted by molar-refractivity contribution is 7.99. The van der Waals surface area contributed by atoms with Crippen molar-refractivity contribution in [2.24, 2.45) is 7.05 Å². The molecular weight excluding hydrogens is 302 g/mol. The molecule has 0 N–H and O–H groups in total. The molecule has 0 saturated heterocycles. The normalized spacial score (nSPS) is 12.6. The second-order valence-electron chi connectivity index (χ2n) is 5.01. The van der Waals surface area contributed by atoms with Crippen LogP contribution in [0.15, 0.2) is 11.4 Å². The molecule has 1 atom stereocenters. The number of rotatable bonds is 8. The highest BCUT2D eigenvalue weighted by atomic mass is 32.2. The van der Waals surface area contributed by atoms with Gasteiger partial charge in [-0.3, -0.25) is 9.25 Å². The summed E-state index contributed by atoms with van der Waals surface area (Å²) in [5.41, 5.74) is 0.838. The van der Waals surface area contributed by atoms with E-state index >= 15 is 0 Å². The van der Waals surface area contributed by atoms with Crippen molar-refractivity contribution >= 4 is 11.8 Å². The number of hydrogen-bond donors (Lipinski definition) is 0. The van der Waals surface area contributed by atoms with Crippen LogP contribution in [0, 0.1) is 0 Å². The summed E-state index contributed by atoms with van der Waals surface area (Å²) in [5, 5.41) is 14.4. The highest BCUT2D eigenvalue weighted by Gasteiger charge is 2.21. The third-order valence-corrected chi connectivity index (χ3v) is 4.60. The second kappa shape index (κ2) is 7.64. The molecule has 122 valence electrons. The summed E-state index contributed by atoms with van der Waals surface area (Å²) in [6.45, 7) is 5.64. The van der Waals surface area contributed by atoms with E-state index in [9.17, 15) is 0 Å². The van der Waals surface area contributed by atoms with E-state index in [1.807, 2.05) is 13.2 Å². The van der Waals surface area contributed by atoms with E-state index in [2.05, 4.69) is 33.7 Å². The molecule has 0 aliphatic rings. The number of methoxy groups -OCH3 is 2. The third-order valence-electron chi connectivity index (χ3n) is 3.35. The lowest BCUT2D eigenvalue weighted by Gasteiger charge is -2.11. The quantitative estimate of drug-likeness (QED) is 0.693. The molecule has 0 radical (unpaired) electrons. The van der Waals surface area contributed by atoms with Gasteiger partial charge in [0.2, 0.25) is 5.88 Å². The zero-order chi connectivity index (χ0) is 16.1. The van der Waals surface area contributed by atoms with Crippen LogP contribution >= 0.6 is 11.8 Å². The summed E-state index contributed by atoms with van der Waals surface area (Å²) >= 11 is 1.72. The fourth-order valence-electron chi connectivity index (χ4n) is 1.99. The highest BCUT2D eigenvalue weighted by Crippen LogP contribution is 2.31. The molecule has 0 aliphatic carbocycles. The average Bonchev–Trinajstić information content (AvgIpc) is 3.07. The van der Waals surface area contributed by atoms with Crippen LogP contribution < -0.4 is 4.74 Å². The van der Waals surface area contributed by atoms with E-state index in [0.717, 1.165) is 23.0 Å². The van der Waals surface area contributed by atoms with Crippen molar-refractivity contribution in [3.63, 3.8) is 0 Å². The summed E-state index contributed by atoms with van der Waals surface area (Å²) in [6, 6.07) is 0. The number of nitrogens with zero attached hydrogens (tertiary/aromatic N) is 5. The minimum absolute atomic E-state index is 0.481. The summed E-state index contributed by atoms with van der Waals surface area (Å²) in [5.74, 6) is 1.31. The van der Waals surface area contributed by atoms with Crippen LogP contribution in [-0.2, 0) is 18.3 Å². The van der Waals surface area contributed by atoms with Gasteiger partial charge >= 0.3 is 0 Å². The van der Waals surface area contributed by atoms with Crippen LogP contribution in [0.25, 0.3) is 11.4 Å². The first-order valence-electron chi connectivity index (χ1n) is 7.27. The largest absolute Gasteiger partial charge is 0.479 e. The Kier molecular flexibility index (Phi) is 5.84. The first-order valence-corrected chi connectivity index (χ1v) is 8.15. The Balaban J connectivity index is 2.41. The molecule has 0 bridgehead atoms. The molecule has 2 aromatic rings. The second-order valence-corrected chi connectivity index (χ2v) is 6.42. The first-order chi connectivity index (χ1) is 10.6. The average molecular weight is 325 g/mol. The predicted molar refractivity (Wildman–Crippen MR) is 86.3 cm³/mol. The van der Waals surface area contributed by atoms with Crippen molar-refractivity contribution in [1.29, 1.82) is 0 Å². The molecule has 0 aromatic carbocycles. The van der Waals surface area contributed by atoms with Crippen molar-refractivity contribution in [2.45, 2.75) is 37.2 Å². The zero-order valence-electron chi connectivity index (χ0n) is 13.7. The first kappa shape index (κ1) is 16.8. The maximum absolute atomic E-state index is 5.34. The third kappa shape index (κ3) is 3.61. The van der Waals surface area contributed by atoms with Crippen LogP contribution in [0.2, 0.25) is 0 Å². The lowest BCUT2D eigenvalue weighted by molar-refractivity contribution is 0.185. The van der Waals surface area contributed by atoms with Gasteiger partial charge in [-0.1, -0.05) is 25.6 Å². The topological polar surface area (TPSA) is 67.0 Å². The molecule has 0 unspecified atom stereocenters. The van der Waals surface area contributed by atoms with Gasteiger partial charge in [-0.25, -0.2) is 0 Å². The van der Waals surface area contributed by atoms with Crippen LogP contribution in [0.4, 0.5) is 0 Å². The standard InChI is InChI=1S/C14H23N5O2S/c1-6-10(2)22-14-16-15-12(19(14)7-8-20-4)11-9-18(3)17-13(11)21-5/h9-10H,6-8H2,1-5H3/t10-/m0/s1. The fraction of sp³-hybridized carbons (Fsp3) is 0.643. The zero-order valence-corrected chi connectivity index (χ0v) is 14.6. The Morgan fingerprint density at radius 2 is 2.09 bits per heavy atom. The van der Waals surface area contributed by atoms with Gasteiger partial charge in [-0.05, 0) is 6.42 Å². The van der Waals surface area contributed by atoms with Gasteiger partial charge in [0.1, 0.15) is 5.56 Å². The molecule has 7 nitrogen and oxygen atoms in total. The van der Waals surface area contributed by atoms with Crippen LogP contribution in [0.3, 0.4) is 0 Å². The van der Waals surface area contributed by atoms with Gasteiger partial charge in [0.05, 0.1) is 20.3 Å². The SMILES string of the molecule is CC[C@H](C)Sc1nnc(-c2cn(C)nc2OC)n1CCOC. The molecule has 0 saturated carbocycles. The Hall–Kier alpha value is -1.54. The summed E-state index contributed by atoms with van der Waals surface area (Å²) in [6.07, 6.45) is 2.97. The number of ether oxygens (including phenoxy) is 2. The lowest BCUT2D eigenvalue weighted by atomic mass is 10.3. The molecule has 0 aliphatic heterocycles. The number of hydrogen-bond acceptors (Lipinski definition) is 6. The van der Waals surface area contributed by atoms with Crippen LogP contribution in [0.1, 0.15) is 20.3 Å². The van der Waals surface area contributed by atoms with E-state index in [1.54, 1.807) is 30.7 Å². The minimum Gasteiger partial charge on any atom is -0.479 e. The Morgan fingerprint density at radius 1 is 1.32 bits per heavy atom. The molecular formula is C14H23N5O2S. The van der Waals surface area contributed by atoms with E-state index in [1.165, 1.54) is 0 Å². The molecule has 2 heterocycles. The van der Waals surface area contributed by atoms with E-state index < -0.39 is 0 Å². The van der Waals surface area contributed by atoms with Gasteiger partial charge in [0.25, 0.3) is 0 Å². The molecule has 2 rings (SSSR count). The predicted octanol–water partition coefficient (Wildman–Crippen LogP) is 2.22. The number of aromatic nitrogens is 5. The fourth-order valence-corrected chi connectivity index (χ4v) is 2.91. The monoisotopic (exact) mass is 325 g/mol. The smallest absolute Gasteiger partial charge is 0.243 e. The summed E-state index contributed by atoms with van der Waals surface area (Å²) in [7, 11) is 5.16. The van der Waals surface area contributed by atoms with E-state index in [4.69, 9.17) is 9.47 Å². The van der Waals surface area contributed by atoms with Crippen molar-refractivity contribution in [3.8, 4) is 17.3 Å². The van der Waals surface area contributed by atoms with Gasteiger partial charge in [-0.2, -0.15) is 0 Å². The maximum Gasteiger partial charge on any atom is 0.243 e. The molecule has 2 aromatic heterocycles. The molecule has 0 fully saturated rings. The maximum atomic E-state index is 5.34. The van der Waals surface area contributed by atoms with E-state index in [-0.39, 0.29) is 0 Å². The van der Waals surface area contributed by atoms with Crippen molar-refractivity contribution in [1.82, 2.24) is 24.5 Å². The van der Waals surface area contributed by atoms with Crippen LogP contribution in [0.5, 0.6) is 5.88 Å². The number of aryl methyl sites for hydroxylation is 1. The number of thioether (sulfide) groups is 1. The van der Waals surface area contributed by atoms with Crippen molar-refractivity contribution in [3.05, 3.63) is 6.20 Å². The molecule has 22 heavy (non-hydrogen) atoms. The van der Waals surface area contributed by atoms with Gasteiger partial charge in [0, 0.05) is 25.6 Å². The minimum atomic E-state index is 0.481. The lowest BCUT2D eigenvalue weighted by Crippen LogP contribution is -2.09. The Morgan fingerprint density at radius 3 is 2.73 bits per heavy atom. The van der Waals surface area contributed by atoms with Gasteiger partial charge < -0.3 is 9.47 Å². The van der Waals surface area contributed by atoms with Crippen molar-refractivity contribution in [2.75, 3.05) is 20.8 Å². The summed E-state index contributed by atoms with van der Waals surface area (Å²) < 4.78 is 14.3.